The lowest BCUT2D eigenvalue weighted by molar-refractivity contribution is -0.140. The fourth-order valence-corrected chi connectivity index (χ4v) is 5.14. The summed E-state index contributed by atoms with van der Waals surface area (Å²) in [4.78, 5) is 28.6. The van der Waals surface area contributed by atoms with Crippen molar-refractivity contribution in [3.8, 4) is 17.2 Å². The maximum atomic E-state index is 13.9. The van der Waals surface area contributed by atoms with E-state index in [-0.39, 0.29) is 36.7 Å². The van der Waals surface area contributed by atoms with Crippen molar-refractivity contribution in [1.82, 2.24) is 10.2 Å². The maximum Gasteiger partial charge on any atom is 0.244 e. The van der Waals surface area contributed by atoms with E-state index in [1.54, 1.807) is 43.5 Å². The third kappa shape index (κ3) is 6.89. The Bertz CT molecular complexity index is 1230. The summed E-state index contributed by atoms with van der Waals surface area (Å²) in [6.07, 6.45) is 1.08. The lowest BCUT2D eigenvalue weighted by Gasteiger charge is -2.33. The highest BCUT2D eigenvalue weighted by molar-refractivity contribution is 7.92. The Labute approximate surface area is 224 Å². The van der Waals surface area contributed by atoms with Crippen molar-refractivity contribution in [2.45, 2.75) is 59.2 Å². The van der Waals surface area contributed by atoms with E-state index in [0.29, 0.717) is 23.7 Å². The minimum absolute atomic E-state index is 0.0377. The first-order valence-corrected chi connectivity index (χ1v) is 14.4. The van der Waals surface area contributed by atoms with E-state index in [1.807, 2.05) is 26.8 Å². The fraction of sp³-hybridized carbons (Fsp3) is 0.481. The molecule has 11 heteroatoms. The molecule has 0 aliphatic carbocycles. The van der Waals surface area contributed by atoms with Gasteiger partial charge in [-0.15, -0.1) is 0 Å². The SMILES string of the molecule is CC[C@@H](C)NC(=O)[C@H](CC)N(Cc1cccc(OC)c1)C(=O)CN(c1ccc2c(c1)OCO2)S(=O)(=O)CC. The summed E-state index contributed by atoms with van der Waals surface area (Å²) in [7, 11) is -2.30. The van der Waals surface area contributed by atoms with Crippen LogP contribution in [0.5, 0.6) is 17.2 Å². The summed E-state index contributed by atoms with van der Waals surface area (Å²) >= 11 is 0. The van der Waals surface area contributed by atoms with Gasteiger partial charge in [0, 0.05) is 18.7 Å². The van der Waals surface area contributed by atoms with Crippen LogP contribution in [0, 0.1) is 0 Å². The molecule has 1 heterocycles. The van der Waals surface area contributed by atoms with Gasteiger partial charge in [-0.3, -0.25) is 13.9 Å². The van der Waals surface area contributed by atoms with E-state index in [2.05, 4.69) is 5.32 Å². The molecule has 3 rings (SSSR count). The van der Waals surface area contributed by atoms with Gasteiger partial charge in [-0.05, 0) is 56.5 Å². The van der Waals surface area contributed by atoms with Crippen LogP contribution < -0.4 is 23.8 Å². The van der Waals surface area contributed by atoms with Crippen LogP contribution in [0.15, 0.2) is 42.5 Å². The quantitative estimate of drug-likeness (QED) is 0.409. The third-order valence-electron chi connectivity index (χ3n) is 6.50. The Morgan fingerprint density at radius 3 is 2.45 bits per heavy atom. The average Bonchev–Trinajstić information content (AvgIpc) is 3.39. The van der Waals surface area contributed by atoms with E-state index >= 15 is 0 Å². The van der Waals surface area contributed by atoms with E-state index in [4.69, 9.17) is 14.2 Å². The number of amides is 2. The summed E-state index contributed by atoms with van der Waals surface area (Å²) in [5.74, 6) is 0.513. The summed E-state index contributed by atoms with van der Waals surface area (Å²) in [6.45, 7) is 6.86. The van der Waals surface area contributed by atoms with Crippen molar-refractivity contribution in [2.75, 3.05) is 30.5 Å². The Hall–Kier alpha value is -3.47. The first kappa shape index (κ1) is 29.1. The van der Waals surface area contributed by atoms with E-state index < -0.39 is 28.5 Å². The highest BCUT2D eigenvalue weighted by atomic mass is 32.2. The van der Waals surface area contributed by atoms with Gasteiger partial charge in [-0.1, -0.05) is 26.0 Å². The summed E-state index contributed by atoms with van der Waals surface area (Å²) in [5, 5.41) is 2.96. The molecule has 38 heavy (non-hydrogen) atoms. The van der Waals surface area contributed by atoms with Crippen molar-refractivity contribution < 1.29 is 32.2 Å². The number of hydrogen-bond donors (Lipinski definition) is 1. The number of carbonyl (C=O) groups is 2. The molecule has 0 spiro atoms. The van der Waals surface area contributed by atoms with Crippen molar-refractivity contribution in [1.29, 1.82) is 0 Å². The molecule has 2 atom stereocenters. The van der Waals surface area contributed by atoms with Gasteiger partial charge in [0.1, 0.15) is 18.3 Å². The minimum atomic E-state index is -3.85. The number of nitrogens with one attached hydrogen (secondary N) is 1. The minimum Gasteiger partial charge on any atom is -0.497 e. The van der Waals surface area contributed by atoms with E-state index in [1.165, 1.54) is 11.8 Å². The summed E-state index contributed by atoms with van der Waals surface area (Å²) in [6, 6.07) is 11.1. The van der Waals surface area contributed by atoms with Gasteiger partial charge in [-0.2, -0.15) is 0 Å². The van der Waals surface area contributed by atoms with Gasteiger partial charge in [0.2, 0.25) is 28.6 Å². The van der Waals surface area contributed by atoms with Crippen molar-refractivity contribution >= 4 is 27.5 Å². The first-order chi connectivity index (χ1) is 18.1. The van der Waals surface area contributed by atoms with Crippen LogP contribution in [0.3, 0.4) is 0 Å². The summed E-state index contributed by atoms with van der Waals surface area (Å²) < 4.78 is 43.4. The van der Waals surface area contributed by atoms with Crippen molar-refractivity contribution in [3.63, 3.8) is 0 Å². The molecule has 1 aliphatic heterocycles. The number of fused-ring (bicyclic) bond motifs is 1. The van der Waals surface area contributed by atoms with Crippen LogP contribution in [-0.2, 0) is 26.2 Å². The smallest absolute Gasteiger partial charge is 0.244 e. The zero-order valence-electron chi connectivity index (χ0n) is 22.6. The van der Waals surface area contributed by atoms with Crippen LogP contribution in [-0.4, -0.2) is 63.4 Å². The number of nitrogens with zero attached hydrogens (tertiary/aromatic N) is 2. The number of rotatable bonds is 13. The molecule has 0 fully saturated rings. The van der Waals surface area contributed by atoms with Crippen LogP contribution >= 0.6 is 0 Å². The second-order valence-electron chi connectivity index (χ2n) is 9.06. The first-order valence-electron chi connectivity index (χ1n) is 12.8. The number of ether oxygens (including phenoxy) is 3. The highest BCUT2D eigenvalue weighted by Gasteiger charge is 2.33. The number of benzene rings is 2. The molecule has 2 amide bonds. The van der Waals surface area contributed by atoms with E-state index in [9.17, 15) is 18.0 Å². The number of sulfonamides is 1. The Balaban J connectivity index is 1.98. The molecular weight excluding hydrogens is 510 g/mol. The third-order valence-corrected chi connectivity index (χ3v) is 8.24. The van der Waals surface area contributed by atoms with Gasteiger partial charge in [0.05, 0.1) is 18.6 Å². The van der Waals surface area contributed by atoms with E-state index in [0.717, 1.165) is 16.3 Å². The molecule has 0 unspecified atom stereocenters. The van der Waals surface area contributed by atoms with Crippen LogP contribution in [0.4, 0.5) is 5.69 Å². The molecule has 1 N–H and O–H groups in total. The molecule has 0 radical (unpaired) electrons. The molecule has 2 aromatic rings. The van der Waals surface area contributed by atoms with Gasteiger partial charge >= 0.3 is 0 Å². The lowest BCUT2D eigenvalue weighted by atomic mass is 10.1. The number of methoxy groups -OCH3 is 1. The maximum absolute atomic E-state index is 13.9. The molecule has 208 valence electrons. The van der Waals surface area contributed by atoms with Crippen LogP contribution in [0.1, 0.15) is 46.1 Å². The molecule has 0 aromatic heterocycles. The number of carbonyl (C=O) groups excluding carboxylic acids is 2. The standard InChI is InChI=1S/C27H37N3O7S/c1-6-19(4)28-27(32)23(7-2)29(16-20-10-9-11-22(14-20)35-5)26(31)17-30(38(33,34)8-3)21-12-13-24-25(15-21)37-18-36-24/h9-15,19,23H,6-8,16-18H2,1-5H3,(H,28,32)/t19-,23+/m1/s1. The predicted molar refractivity (Wildman–Crippen MR) is 145 cm³/mol. The van der Waals surface area contributed by atoms with Crippen LogP contribution in [0.2, 0.25) is 0 Å². The molecule has 1 aliphatic rings. The van der Waals surface area contributed by atoms with Gasteiger partial charge in [0.15, 0.2) is 11.5 Å². The Morgan fingerprint density at radius 1 is 1.05 bits per heavy atom. The second kappa shape index (κ2) is 12.9. The fourth-order valence-electron chi connectivity index (χ4n) is 4.09. The number of hydrogen-bond acceptors (Lipinski definition) is 7. The predicted octanol–water partition coefficient (Wildman–Crippen LogP) is 3.30. The Morgan fingerprint density at radius 2 is 1.79 bits per heavy atom. The molecule has 0 bridgehead atoms. The van der Waals surface area contributed by atoms with Crippen LogP contribution in [0.25, 0.3) is 0 Å². The molecular formula is C27H37N3O7S. The molecule has 2 aromatic carbocycles. The second-order valence-corrected chi connectivity index (χ2v) is 11.2. The van der Waals surface area contributed by atoms with Gasteiger partial charge in [0.25, 0.3) is 0 Å². The van der Waals surface area contributed by atoms with Crippen molar-refractivity contribution in [2.24, 2.45) is 0 Å². The zero-order chi connectivity index (χ0) is 27.9. The number of anilines is 1. The highest BCUT2D eigenvalue weighted by Crippen LogP contribution is 2.36. The largest absolute Gasteiger partial charge is 0.497 e. The average molecular weight is 548 g/mol. The topological polar surface area (TPSA) is 114 Å². The van der Waals surface area contributed by atoms with Gasteiger partial charge in [-0.25, -0.2) is 8.42 Å². The zero-order valence-corrected chi connectivity index (χ0v) is 23.4. The normalized spacial score (nSPS) is 13.9. The monoisotopic (exact) mass is 547 g/mol. The van der Waals surface area contributed by atoms with Gasteiger partial charge < -0.3 is 24.4 Å². The Kier molecular flexibility index (Phi) is 9.84. The molecule has 10 nitrogen and oxygen atoms in total. The lowest BCUT2D eigenvalue weighted by Crippen LogP contribution is -2.53. The van der Waals surface area contributed by atoms with Crippen molar-refractivity contribution in [3.05, 3.63) is 48.0 Å². The molecule has 0 saturated heterocycles. The summed E-state index contributed by atoms with van der Waals surface area (Å²) in [5.41, 5.74) is 1.03. The molecule has 0 saturated carbocycles.